The number of allylic oxidation sites excluding steroid dienone is 1. The molecule has 0 aliphatic rings. The van der Waals surface area contributed by atoms with Crippen molar-refractivity contribution >= 4 is 18.4 Å². The Hall–Kier alpha value is 0.0287. The van der Waals surface area contributed by atoms with Gasteiger partial charge in [0.1, 0.15) is 0 Å². The summed E-state index contributed by atoms with van der Waals surface area (Å²) >= 11 is -2.02. The molecule has 0 bridgehead atoms. The Bertz CT molecular complexity index is 243. The van der Waals surface area contributed by atoms with Gasteiger partial charge in [0.25, 0.3) is 0 Å². The third-order valence-corrected chi connectivity index (χ3v) is 18.2. The van der Waals surface area contributed by atoms with Crippen molar-refractivity contribution in [1.29, 1.82) is 5.26 Å². The van der Waals surface area contributed by atoms with Crippen molar-refractivity contribution in [2.24, 2.45) is 0 Å². The fourth-order valence-electron chi connectivity index (χ4n) is 2.69. The molecule has 110 valence electrons. The monoisotopic (exact) mass is 371 g/mol. The van der Waals surface area contributed by atoms with Crippen LogP contribution in [0.15, 0.2) is 10.2 Å². The Morgan fingerprint density at radius 1 is 0.895 bits per heavy atom. The molecular formula is C17H33NSn. The first-order valence-electron chi connectivity index (χ1n) is 8.29. The van der Waals surface area contributed by atoms with E-state index in [1.54, 1.807) is 0 Å². The molecule has 19 heavy (non-hydrogen) atoms. The van der Waals surface area contributed by atoms with E-state index in [2.05, 4.69) is 37.0 Å². The second-order valence-corrected chi connectivity index (χ2v) is 18.8. The Kier molecular flexibility index (Phi) is 13.1. The van der Waals surface area contributed by atoms with E-state index in [-0.39, 0.29) is 0 Å². The predicted molar refractivity (Wildman–Crippen MR) is 88.9 cm³/mol. The average molecular weight is 370 g/mol. The summed E-state index contributed by atoms with van der Waals surface area (Å²) in [6, 6.07) is 2.26. The van der Waals surface area contributed by atoms with Gasteiger partial charge in [0, 0.05) is 0 Å². The van der Waals surface area contributed by atoms with Crippen LogP contribution >= 0.6 is 0 Å². The van der Waals surface area contributed by atoms with E-state index < -0.39 is 18.4 Å². The van der Waals surface area contributed by atoms with Gasteiger partial charge < -0.3 is 0 Å². The topological polar surface area (TPSA) is 23.8 Å². The fraction of sp³-hybridized carbons (Fsp3) is 0.824. The van der Waals surface area contributed by atoms with Crippen molar-refractivity contribution in [3.05, 3.63) is 10.2 Å². The first-order valence-corrected chi connectivity index (χ1v) is 16.0. The van der Waals surface area contributed by atoms with E-state index in [1.807, 2.05) is 0 Å². The van der Waals surface area contributed by atoms with Gasteiger partial charge in [-0.15, -0.1) is 0 Å². The molecule has 0 N–H and O–H groups in total. The van der Waals surface area contributed by atoms with E-state index in [0.717, 1.165) is 6.42 Å². The van der Waals surface area contributed by atoms with Crippen LogP contribution < -0.4 is 0 Å². The van der Waals surface area contributed by atoms with Crippen LogP contribution in [-0.2, 0) is 0 Å². The molecule has 0 atom stereocenters. The predicted octanol–water partition coefficient (Wildman–Crippen LogP) is 6.23. The molecule has 0 spiro atoms. The molecule has 0 aliphatic heterocycles. The molecule has 0 radical (unpaired) electrons. The molecular weight excluding hydrogens is 337 g/mol. The van der Waals surface area contributed by atoms with Gasteiger partial charge in [0.15, 0.2) is 0 Å². The second kappa shape index (κ2) is 13.0. The van der Waals surface area contributed by atoms with Crippen LogP contribution in [0, 0.1) is 11.3 Å². The van der Waals surface area contributed by atoms with E-state index in [4.69, 9.17) is 5.26 Å². The maximum absolute atomic E-state index is 8.65. The number of nitriles is 1. The summed E-state index contributed by atoms with van der Waals surface area (Å²) in [5, 5.41) is 8.65. The molecule has 0 aliphatic carbocycles. The molecule has 0 saturated carbocycles. The first-order chi connectivity index (χ1) is 9.24. The molecule has 2 heteroatoms. The molecule has 0 aromatic rings. The number of nitrogens with zero attached hydrogens (tertiary/aromatic N) is 1. The van der Waals surface area contributed by atoms with Crippen LogP contribution in [0.5, 0.6) is 0 Å². The third-order valence-electron chi connectivity index (χ3n) is 3.98. The maximum atomic E-state index is 8.65. The van der Waals surface area contributed by atoms with Crippen molar-refractivity contribution in [3.63, 3.8) is 0 Å². The second-order valence-electron chi connectivity index (χ2n) is 5.77. The summed E-state index contributed by atoms with van der Waals surface area (Å²) in [5.74, 6) is 0. The van der Waals surface area contributed by atoms with E-state index in [1.165, 1.54) is 51.8 Å². The number of hydrogen-bond acceptors (Lipinski definition) is 1. The first kappa shape index (κ1) is 19.0. The minimum atomic E-state index is -2.02. The Labute approximate surface area is 125 Å². The van der Waals surface area contributed by atoms with Gasteiger partial charge >= 0.3 is 125 Å². The third kappa shape index (κ3) is 9.55. The molecule has 0 saturated heterocycles. The van der Waals surface area contributed by atoms with Gasteiger partial charge in [-0.25, -0.2) is 0 Å². The van der Waals surface area contributed by atoms with E-state index >= 15 is 0 Å². The van der Waals surface area contributed by atoms with E-state index in [9.17, 15) is 0 Å². The Morgan fingerprint density at radius 2 is 1.37 bits per heavy atom. The van der Waals surface area contributed by atoms with Crippen LogP contribution in [-0.4, -0.2) is 18.4 Å². The molecule has 0 unspecified atom stereocenters. The summed E-state index contributed by atoms with van der Waals surface area (Å²) in [7, 11) is 0. The SMILES string of the molecule is CCC[CH2][Sn](/[CH]=C/CCC#N)([CH2]CCC)[CH2]CCC. The number of unbranched alkanes of at least 4 members (excludes halogenated alkanes) is 4. The van der Waals surface area contributed by atoms with E-state index in [0.29, 0.717) is 6.42 Å². The zero-order chi connectivity index (χ0) is 14.4. The Morgan fingerprint density at radius 3 is 1.74 bits per heavy atom. The molecule has 1 nitrogen and oxygen atoms in total. The van der Waals surface area contributed by atoms with Gasteiger partial charge in [-0.2, -0.15) is 0 Å². The standard InChI is InChI=1S/C5H6N.3C4H9.Sn/c1-2-3-4-5-6;3*1-3-4-2;/h1-2H,3-4H2;3*1,3-4H2,2H3;. The quantitative estimate of drug-likeness (QED) is 0.295. The number of hydrogen-bond donors (Lipinski definition) is 0. The minimum absolute atomic E-state index is 0.688. The zero-order valence-electron chi connectivity index (χ0n) is 13.4. The summed E-state index contributed by atoms with van der Waals surface area (Å²) < 4.78 is 7.28. The van der Waals surface area contributed by atoms with Crippen LogP contribution in [0.3, 0.4) is 0 Å². The molecule has 0 aromatic carbocycles. The molecule has 0 amide bonds. The molecule has 0 rings (SSSR count). The van der Waals surface area contributed by atoms with Gasteiger partial charge in [0.05, 0.1) is 0 Å². The summed E-state index contributed by atoms with van der Waals surface area (Å²) in [6.07, 6.45) is 12.3. The number of rotatable bonds is 12. The van der Waals surface area contributed by atoms with Crippen molar-refractivity contribution in [2.45, 2.75) is 85.4 Å². The summed E-state index contributed by atoms with van der Waals surface area (Å²) in [5.41, 5.74) is 0. The zero-order valence-corrected chi connectivity index (χ0v) is 16.2. The molecule has 0 aromatic heterocycles. The van der Waals surface area contributed by atoms with Crippen molar-refractivity contribution < 1.29 is 0 Å². The summed E-state index contributed by atoms with van der Waals surface area (Å²) in [6.45, 7) is 6.95. The van der Waals surface area contributed by atoms with Gasteiger partial charge in [0.2, 0.25) is 0 Å². The fourth-order valence-corrected chi connectivity index (χ4v) is 17.2. The van der Waals surface area contributed by atoms with Gasteiger partial charge in [-0.05, 0) is 0 Å². The van der Waals surface area contributed by atoms with Gasteiger partial charge in [-0.1, -0.05) is 0 Å². The van der Waals surface area contributed by atoms with Crippen LogP contribution in [0.4, 0.5) is 0 Å². The molecule has 0 heterocycles. The van der Waals surface area contributed by atoms with Crippen molar-refractivity contribution in [1.82, 2.24) is 0 Å². The summed E-state index contributed by atoms with van der Waals surface area (Å²) in [4.78, 5) is 0. The van der Waals surface area contributed by atoms with Crippen LogP contribution in [0.25, 0.3) is 0 Å². The van der Waals surface area contributed by atoms with Crippen LogP contribution in [0.1, 0.15) is 72.1 Å². The van der Waals surface area contributed by atoms with Gasteiger partial charge in [-0.3, -0.25) is 0 Å². The Balaban J connectivity index is 4.66. The van der Waals surface area contributed by atoms with Crippen molar-refractivity contribution in [2.75, 3.05) is 0 Å². The van der Waals surface area contributed by atoms with Crippen molar-refractivity contribution in [3.8, 4) is 6.07 Å². The van der Waals surface area contributed by atoms with Crippen LogP contribution in [0.2, 0.25) is 13.3 Å². The normalized spacial score (nSPS) is 11.9. The molecule has 0 fully saturated rings. The average Bonchev–Trinajstić information content (AvgIpc) is 2.44.